The molecule has 1 amide bonds. The summed E-state index contributed by atoms with van der Waals surface area (Å²) in [6, 6.07) is 6.22. The molecule has 0 aliphatic rings. The molecule has 3 rings (SSSR count). The van der Waals surface area contributed by atoms with Gasteiger partial charge in [-0.25, -0.2) is 17.2 Å². The number of nitrogens with one attached hydrogen (secondary N) is 1. The Bertz CT molecular complexity index is 1340. The summed E-state index contributed by atoms with van der Waals surface area (Å²) in [7, 11) is -3.78. The van der Waals surface area contributed by atoms with E-state index in [1.165, 1.54) is 13.0 Å². The van der Waals surface area contributed by atoms with Gasteiger partial charge in [0.1, 0.15) is 22.9 Å². The molecule has 0 aliphatic heterocycles. The number of sulfone groups is 1. The zero-order chi connectivity index (χ0) is 24.6. The van der Waals surface area contributed by atoms with Crippen molar-refractivity contribution in [1.29, 1.82) is 0 Å². The Kier molecular flexibility index (Phi) is 6.36. The third-order valence-electron chi connectivity index (χ3n) is 4.27. The van der Waals surface area contributed by atoms with Crippen molar-refractivity contribution in [3.05, 3.63) is 70.9 Å². The molecular formula is C20H14F5N3O4S. The Morgan fingerprint density at radius 3 is 2.36 bits per heavy atom. The Morgan fingerprint density at radius 1 is 1.03 bits per heavy atom. The third kappa shape index (κ3) is 5.61. The Balaban J connectivity index is 2.06. The summed E-state index contributed by atoms with van der Waals surface area (Å²) in [5.74, 6) is -3.93. The summed E-state index contributed by atoms with van der Waals surface area (Å²) in [6.07, 6.45) is -4.13. The van der Waals surface area contributed by atoms with E-state index in [2.05, 4.69) is 10.2 Å². The van der Waals surface area contributed by atoms with Crippen molar-refractivity contribution >= 4 is 21.4 Å². The highest BCUT2D eigenvalue weighted by Gasteiger charge is 2.35. The number of rotatable bonds is 5. The van der Waals surface area contributed by atoms with Gasteiger partial charge < -0.3 is 10.1 Å². The number of alkyl halides is 3. The summed E-state index contributed by atoms with van der Waals surface area (Å²) in [6.45, 7) is 1.51. The van der Waals surface area contributed by atoms with E-state index < -0.39 is 56.4 Å². The molecule has 0 spiro atoms. The van der Waals surface area contributed by atoms with Crippen molar-refractivity contribution < 1.29 is 39.9 Å². The van der Waals surface area contributed by atoms with Crippen LogP contribution in [0.3, 0.4) is 0 Å². The number of nitrogens with zero attached hydrogens (tertiary/aromatic N) is 2. The fourth-order valence-corrected chi connectivity index (χ4v) is 3.21. The molecule has 174 valence electrons. The van der Waals surface area contributed by atoms with Crippen LogP contribution in [0.2, 0.25) is 0 Å². The fourth-order valence-electron chi connectivity index (χ4n) is 2.57. The normalized spacial score (nSPS) is 11.8. The van der Waals surface area contributed by atoms with Gasteiger partial charge in [-0.2, -0.15) is 13.2 Å². The van der Waals surface area contributed by atoms with Crippen LogP contribution in [-0.4, -0.2) is 30.8 Å². The zero-order valence-electron chi connectivity index (χ0n) is 16.9. The second kappa shape index (κ2) is 8.73. The molecule has 3 aromatic rings. The molecule has 0 aliphatic carbocycles. The van der Waals surface area contributed by atoms with Gasteiger partial charge in [0.25, 0.3) is 11.8 Å². The summed E-state index contributed by atoms with van der Waals surface area (Å²) in [5.41, 5.74) is -2.58. The van der Waals surface area contributed by atoms with Crippen LogP contribution in [0.5, 0.6) is 11.6 Å². The lowest BCUT2D eigenvalue weighted by Crippen LogP contribution is -2.18. The van der Waals surface area contributed by atoms with Crippen LogP contribution in [0.4, 0.5) is 27.6 Å². The minimum atomic E-state index is -4.98. The second-order valence-corrected chi connectivity index (χ2v) is 8.84. The number of amides is 1. The first kappa shape index (κ1) is 24.0. The first-order valence-corrected chi connectivity index (χ1v) is 10.8. The first-order valence-electron chi connectivity index (χ1n) is 8.95. The molecule has 7 nitrogen and oxygen atoms in total. The summed E-state index contributed by atoms with van der Waals surface area (Å²) >= 11 is 0. The Hall–Kier alpha value is -3.61. The summed E-state index contributed by atoms with van der Waals surface area (Å²) in [5, 5.41) is 8.28. The highest BCUT2D eigenvalue weighted by molar-refractivity contribution is 7.90. The minimum absolute atomic E-state index is 0.150. The molecule has 0 saturated carbocycles. The molecule has 0 saturated heterocycles. The van der Waals surface area contributed by atoms with Crippen molar-refractivity contribution in [3.8, 4) is 11.6 Å². The second-order valence-electron chi connectivity index (χ2n) is 6.83. The van der Waals surface area contributed by atoms with E-state index in [0.717, 1.165) is 36.6 Å². The Labute approximate surface area is 184 Å². The van der Waals surface area contributed by atoms with Gasteiger partial charge in [-0.15, -0.1) is 10.2 Å². The van der Waals surface area contributed by atoms with Crippen molar-refractivity contribution in [2.75, 3.05) is 11.6 Å². The van der Waals surface area contributed by atoms with Crippen molar-refractivity contribution in [1.82, 2.24) is 10.2 Å². The molecule has 2 aromatic carbocycles. The fraction of sp³-hybridized carbons (Fsp3) is 0.150. The maximum Gasteiger partial charge on any atom is 0.435 e. The predicted octanol–water partition coefficient (Wildman–Crippen LogP) is 4.53. The highest BCUT2D eigenvalue weighted by atomic mass is 32.2. The first-order chi connectivity index (χ1) is 15.3. The highest BCUT2D eigenvalue weighted by Crippen LogP contribution is 2.32. The molecule has 1 N–H and O–H groups in total. The van der Waals surface area contributed by atoms with Gasteiger partial charge in [0, 0.05) is 12.3 Å². The quantitative estimate of drug-likeness (QED) is 0.420. The molecule has 0 radical (unpaired) electrons. The number of carbonyl (C=O) groups excluding carboxylic acids is 1. The van der Waals surface area contributed by atoms with Crippen LogP contribution in [-0.2, 0) is 16.0 Å². The number of hydrogen-bond donors (Lipinski definition) is 1. The summed E-state index contributed by atoms with van der Waals surface area (Å²) in [4.78, 5) is 12.4. The van der Waals surface area contributed by atoms with E-state index >= 15 is 0 Å². The monoisotopic (exact) mass is 487 g/mol. The maximum absolute atomic E-state index is 14.2. The van der Waals surface area contributed by atoms with Crippen LogP contribution in [0.1, 0.15) is 21.6 Å². The van der Waals surface area contributed by atoms with E-state index in [9.17, 15) is 35.2 Å². The maximum atomic E-state index is 14.2. The van der Waals surface area contributed by atoms with Gasteiger partial charge in [0.05, 0.1) is 10.6 Å². The molecule has 1 heterocycles. The number of anilines is 1. The van der Waals surface area contributed by atoms with E-state index in [0.29, 0.717) is 11.6 Å². The zero-order valence-corrected chi connectivity index (χ0v) is 17.7. The molecule has 0 atom stereocenters. The molecule has 0 fully saturated rings. The van der Waals surface area contributed by atoms with Gasteiger partial charge in [-0.3, -0.25) is 4.79 Å². The molecule has 0 unspecified atom stereocenters. The number of carbonyl (C=O) groups is 1. The van der Waals surface area contributed by atoms with E-state index in [1.807, 2.05) is 5.32 Å². The van der Waals surface area contributed by atoms with E-state index in [1.54, 1.807) is 0 Å². The van der Waals surface area contributed by atoms with Crippen LogP contribution in [0.15, 0.2) is 47.4 Å². The van der Waals surface area contributed by atoms with Crippen molar-refractivity contribution in [2.24, 2.45) is 0 Å². The molecule has 1 aromatic heterocycles. The average molecular weight is 487 g/mol. The lowest BCUT2D eigenvalue weighted by molar-refractivity contribution is -0.141. The molecule has 0 bridgehead atoms. The number of hydrogen-bond acceptors (Lipinski definition) is 6. The lowest BCUT2D eigenvalue weighted by Gasteiger charge is -2.14. The van der Waals surface area contributed by atoms with E-state index in [-0.39, 0.29) is 10.6 Å². The largest absolute Gasteiger partial charge is 0.437 e. The number of halogens is 5. The van der Waals surface area contributed by atoms with E-state index in [4.69, 9.17) is 4.74 Å². The van der Waals surface area contributed by atoms with Crippen molar-refractivity contribution in [2.45, 2.75) is 18.0 Å². The van der Waals surface area contributed by atoms with Crippen LogP contribution >= 0.6 is 0 Å². The number of benzene rings is 2. The molecular weight excluding hydrogens is 473 g/mol. The summed E-state index contributed by atoms with van der Waals surface area (Å²) < 4.78 is 95.8. The van der Waals surface area contributed by atoms with Gasteiger partial charge in [-0.1, -0.05) is 6.07 Å². The van der Waals surface area contributed by atoms with Crippen LogP contribution in [0.25, 0.3) is 0 Å². The van der Waals surface area contributed by atoms with Crippen LogP contribution < -0.4 is 10.1 Å². The van der Waals surface area contributed by atoms with Crippen LogP contribution in [0, 0.1) is 18.6 Å². The minimum Gasteiger partial charge on any atom is -0.437 e. The van der Waals surface area contributed by atoms with Gasteiger partial charge in [0.2, 0.25) is 0 Å². The van der Waals surface area contributed by atoms with Crippen molar-refractivity contribution in [3.63, 3.8) is 0 Å². The number of ether oxygens (including phenoxy) is 1. The molecule has 33 heavy (non-hydrogen) atoms. The standard InChI is InChI=1S/C20H14F5N3O4S/c1-10-3-4-11(21)7-16(10)32-19-13(9-17(27-28-19)20(23,24)25)18(29)26-15-8-12(33(2,30)31)5-6-14(15)22/h3-9H,1-2H3,(H,26,29). The number of aryl methyl sites for hydroxylation is 1. The smallest absolute Gasteiger partial charge is 0.435 e. The third-order valence-corrected chi connectivity index (χ3v) is 5.38. The van der Waals surface area contributed by atoms with Gasteiger partial charge >= 0.3 is 6.18 Å². The molecule has 13 heteroatoms. The number of aromatic nitrogens is 2. The van der Waals surface area contributed by atoms with Gasteiger partial charge in [-0.05, 0) is 42.8 Å². The average Bonchev–Trinajstić information content (AvgIpc) is 2.71. The van der Waals surface area contributed by atoms with Gasteiger partial charge in [0.15, 0.2) is 15.5 Å². The Morgan fingerprint density at radius 2 is 1.73 bits per heavy atom. The lowest BCUT2D eigenvalue weighted by atomic mass is 10.2. The predicted molar refractivity (Wildman–Crippen MR) is 106 cm³/mol. The topological polar surface area (TPSA) is 98.2 Å². The SMILES string of the molecule is Cc1ccc(F)cc1Oc1nnc(C(F)(F)F)cc1C(=O)Nc1cc(S(C)(=O)=O)ccc1F.